The molecule has 2 heterocycles. The molecular weight excluding hydrogens is 472 g/mol. The number of nitrogens with zero attached hydrogens (tertiary/aromatic N) is 2. The van der Waals surface area contributed by atoms with Gasteiger partial charge in [-0.2, -0.15) is 0 Å². The number of benzene rings is 6. The number of aromatic nitrogens is 2. The maximum Gasteiger partial charge on any atom is 0.0788 e. The van der Waals surface area contributed by atoms with Gasteiger partial charge in [0.1, 0.15) is 0 Å². The van der Waals surface area contributed by atoms with E-state index in [4.69, 9.17) is 4.98 Å². The Balaban J connectivity index is 1.38. The van der Waals surface area contributed by atoms with Crippen LogP contribution < -0.4 is 0 Å². The highest BCUT2D eigenvalue weighted by molar-refractivity contribution is 6.14. The van der Waals surface area contributed by atoms with Gasteiger partial charge in [-0.15, -0.1) is 0 Å². The van der Waals surface area contributed by atoms with Crippen molar-refractivity contribution in [2.75, 3.05) is 0 Å². The summed E-state index contributed by atoms with van der Waals surface area (Å²) in [7, 11) is 0. The molecule has 0 unspecified atom stereocenters. The predicted octanol–water partition coefficient (Wildman–Crippen LogP) is 9.82. The van der Waals surface area contributed by atoms with Gasteiger partial charge >= 0.3 is 0 Å². The van der Waals surface area contributed by atoms with Gasteiger partial charge in [0.05, 0.1) is 22.2 Å². The van der Waals surface area contributed by atoms with Crippen LogP contribution >= 0.6 is 0 Å². The molecule has 0 bridgehead atoms. The summed E-state index contributed by atoms with van der Waals surface area (Å²) in [5, 5.41) is 6.05. The molecule has 8 rings (SSSR count). The molecule has 0 aliphatic heterocycles. The number of hydrogen-bond acceptors (Lipinski definition) is 1. The molecule has 8 aromatic rings. The van der Waals surface area contributed by atoms with E-state index in [1.165, 1.54) is 54.8 Å². The summed E-state index contributed by atoms with van der Waals surface area (Å²) in [6.45, 7) is 0. The first-order valence-electron chi connectivity index (χ1n) is 13.3. The first-order chi connectivity index (χ1) is 19.3. The van der Waals surface area contributed by atoms with E-state index in [9.17, 15) is 0 Å². The van der Waals surface area contributed by atoms with Gasteiger partial charge in [-0.3, -0.25) is 0 Å². The number of fused-ring (bicyclic) bond motifs is 6. The average molecular weight is 497 g/mol. The number of pyridine rings is 1. The smallest absolute Gasteiger partial charge is 0.0788 e. The van der Waals surface area contributed by atoms with Crippen LogP contribution in [0.25, 0.3) is 71.6 Å². The standard InChI is InChI=1S/C37H24N2/c1-3-11-25(12-4-1)26-19-21-34-32(23-26)29-15-7-8-17-31(29)37(38-34)27-20-22-36-33(24-27)30-16-9-10-18-35(30)39(36)28-13-5-2-6-14-28/h1-24H. The lowest BCUT2D eigenvalue weighted by atomic mass is 9.96. The van der Waals surface area contributed by atoms with Gasteiger partial charge in [0.25, 0.3) is 0 Å². The second kappa shape index (κ2) is 8.68. The zero-order chi connectivity index (χ0) is 25.8. The molecule has 2 heteroatoms. The van der Waals surface area contributed by atoms with Crippen LogP contribution in [0.5, 0.6) is 0 Å². The fraction of sp³-hybridized carbons (Fsp3) is 0. The fourth-order valence-corrected chi connectivity index (χ4v) is 5.96. The minimum absolute atomic E-state index is 1.01. The lowest BCUT2D eigenvalue weighted by molar-refractivity contribution is 1.18. The van der Waals surface area contributed by atoms with Crippen molar-refractivity contribution in [2.45, 2.75) is 0 Å². The van der Waals surface area contributed by atoms with Gasteiger partial charge in [0, 0.05) is 32.8 Å². The van der Waals surface area contributed by atoms with Gasteiger partial charge in [-0.1, -0.05) is 103 Å². The zero-order valence-corrected chi connectivity index (χ0v) is 21.3. The first kappa shape index (κ1) is 21.8. The zero-order valence-electron chi connectivity index (χ0n) is 21.3. The Labute approximate surface area is 226 Å². The SMILES string of the molecule is c1ccc(-c2ccc3nc(-c4ccc5c(c4)c4ccccc4n5-c4ccccc4)c4ccccc4c3c2)cc1. The van der Waals surface area contributed by atoms with Crippen LogP contribution in [0.4, 0.5) is 0 Å². The summed E-state index contributed by atoms with van der Waals surface area (Å²) in [5.41, 5.74) is 9.15. The largest absolute Gasteiger partial charge is 0.309 e. The second-order valence-corrected chi connectivity index (χ2v) is 10.0. The molecule has 2 aromatic heterocycles. The Hall–Kier alpha value is -5.21. The minimum atomic E-state index is 1.01. The molecular formula is C37H24N2. The highest BCUT2D eigenvalue weighted by atomic mass is 15.0. The molecule has 0 spiro atoms. The van der Waals surface area contributed by atoms with Gasteiger partial charge in [-0.25, -0.2) is 4.98 Å². The first-order valence-corrected chi connectivity index (χ1v) is 13.3. The van der Waals surface area contributed by atoms with Crippen LogP contribution in [0, 0.1) is 0 Å². The number of para-hydroxylation sites is 2. The molecule has 182 valence electrons. The van der Waals surface area contributed by atoms with Crippen LogP contribution in [0.1, 0.15) is 0 Å². The third-order valence-corrected chi connectivity index (χ3v) is 7.77. The Morgan fingerprint density at radius 2 is 1.00 bits per heavy atom. The third-order valence-electron chi connectivity index (χ3n) is 7.77. The molecule has 0 fully saturated rings. The molecule has 0 saturated heterocycles. The van der Waals surface area contributed by atoms with Gasteiger partial charge < -0.3 is 4.57 Å². The lowest BCUT2D eigenvalue weighted by Gasteiger charge is -2.12. The van der Waals surface area contributed by atoms with E-state index in [-0.39, 0.29) is 0 Å². The van der Waals surface area contributed by atoms with Crippen molar-refractivity contribution in [1.29, 1.82) is 0 Å². The summed E-state index contributed by atoms with van der Waals surface area (Å²) in [4.78, 5) is 5.25. The summed E-state index contributed by atoms with van der Waals surface area (Å²) in [6.07, 6.45) is 0. The topological polar surface area (TPSA) is 17.8 Å². The number of hydrogen-bond donors (Lipinski definition) is 0. The Kier molecular flexibility index (Phi) is 4.86. The summed E-state index contributed by atoms with van der Waals surface area (Å²) >= 11 is 0. The van der Waals surface area contributed by atoms with Crippen molar-refractivity contribution in [3.63, 3.8) is 0 Å². The van der Waals surface area contributed by atoms with E-state index in [0.29, 0.717) is 0 Å². The molecule has 0 atom stereocenters. The van der Waals surface area contributed by atoms with Gasteiger partial charge in [0.15, 0.2) is 0 Å². The highest BCUT2D eigenvalue weighted by Gasteiger charge is 2.16. The molecule has 0 radical (unpaired) electrons. The van der Waals surface area contributed by atoms with Gasteiger partial charge in [0.2, 0.25) is 0 Å². The second-order valence-electron chi connectivity index (χ2n) is 10.0. The molecule has 39 heavy (non-hydrogen) atoms. The van der Waals surface area contributed by atoms with Crippen molar-refractivity contribution in [1.82, 2.24) is 9.55 Å². The van der Waals surface area contributed by atoms with E-state index in [0.717, 1.165) is 16.8 Å². The molecule has 0 aliphatic rings. The van der Waals surface area contributed by atoms with Crippen LogP contribution in [-0.2, 0) is 0 Å². The fourth-order valence-electron chi connectivity index (χ4n) is 5.96. The van der Waals surface area contributed by atoms with Crippen LogP contribution in [0.15, 0.2) is 146 Å². The van der Waals surface area contributed by atoms with Crippen LogP contribution in [-0.4, -0.2) is 9.55 Å². The Morgan fingerprint density at radius 1 is 0.385 bits per heavy atom. The molecule has 0 N–H and O–H groups in total. The monoisotopic (exact) mass is 496 g/mol. The van der Waals surface area contributed by atoms with E-state index in [2.05, 4.69) is 150 Å². The molecule has 0 aliphatic carbocycles. The van der Waals surface area contributed by atoms with E-state index < -0.39 is 0 Å². The van der Waals surface area contributed by atoms with Crippen molar-refractivity contribution < 1.29 is 0 Å². The minimum Gasteiger partial charge on any atom is -0.309 e. The highest BCUT2D eigenvalue weighted by Crippen LogP contribution is 2.38. The summed E-state index contributed by atoms with van der Waals surface area (Å²) in [6, 6.07) is 51.9. The van der Waals surface area contributed by atoms with E-state index in [1.807, 2.05) is 0 Å². The maximum atomic E-state index is 5.25. The predicted molar refractivity (Wildman–Crippen MR) is 164 cm³/mol. The maximum absolute atomic E-state index is 5.25. The third kappa shape index (κ3) is 3.46. The van der Waals surface area contributed by atoms with Crippen LogP contribution in [0.2, 0.25) is 0 Å². The van der Waals surface area contributed by atoms with Gasteiger partial charge in [-0.05, 0) is 59.0 Å². The van der Waals surface area contributed by atoms with Crippen LogP contribution in [0.3, 0.4) is 0 Å². The quantitative estimate of drug-likeness (QED) is 0.223. The summed E-state index contributed by atoms with van der Waals surface area (Å²) in [5.74, 6) is 0. The molecule has 0 saturated carbocycles. The van der Waals surface area contributed by atoms with E-state index in [1.54, 1.807) is 0 Å². The van der Waals surface area contributed by atoms with Crippen molar-refractivity contribution in [2.24, 2.45) is 0 Å². The lowest BCUT2D eigenvalue weighted by Crippen LogP contribution is -1.93. The average Bonchev–Trinajstić information content (AvgIpc) is 3.35. The normalized spacial score (nSPS) is 11.6. The Bertz CT molecular complexity index is 2160. The molecule has 0 amide bonds. The molecule has 2 nitrogen and oxygen atoms in total. The molecule has 6 aromatic carbocycles. The van der Waals surface area contributed by atoms with Crippen molar-refractivity contribution >= 4 is 43.5 Å². The van der Waals surface area contributed by atoms with E-state index >= 15 is 0 Å². The Morgan fingerprint density at radius 3 is 1.82 bits per heavy atom. The summed E-state index contributed by atoms with van der Waals surface area (Å²) < 4.78 is 2.35. The van der Waals surface area contributed by atoms with Crippen molar-refractivity contribution in [3.8, 4) is 28.1 Å². The number of rotatable bonds is 3. The van der Waals surface area contributed by atoms with Crippen molar-refractivity contribution in [3.05, 3.63) is 146 Å².